The first-order valence-electron chi connectivity index (χ1n) is 9.00. The summed E-state index contributed by atoms with van der Waals surface area (Å²) < 4.78 is 28.4. The topological polar surface area (TPSA) is 100 Å². The lowest BCUT2D eigenvalue weighted by Gasteiger charge is -2.24. The zero-order chi connectivity index (χ0) is 20.1. The van der Waals surface area contributed by atoms with Crippen LogP contribution in [0.2, 0.25) is 0 Å². The van der Waals surface area contributed by atoms with Gasteiger partial charge in [-0.2, -0.15) is 0 Å². The van der Waals surface area contributed by atoms with E-state index in [1.807, 2.05) is 17.5 Å². The third-order valence-corrected chi connectivity index (χ3v) is 5.30. The fourth-order valence-electron chi connectivity index (χ4n) is 3.44. The maximum absolute atomic E-state index is 13.3. The number of fused-ring (bicyclic) bond motifs is 1. The Morgan fingerprint density at radius 1 is 1.32 bits per heavy atom. The number of nitrogen functional groups attached to an aromatic ring is 1. The number of nitrogens with two attached hydrogens (primary N) is 1. The Labute approximate surface area is 160 Å². The quantitative estimate of drug-likeness (QED) is 0.545. The standard InChI is InChI=1S/C19H22F2N6O/c1-10-3-4-12(19(2,28)18(20)21)5-13(10)15-8-23-17-16(22)26-14(9-27(15)17)11-6-24-25-7-11/h3-5,8-9,11,18,24-25,28H,6-7H2,1-2H3,(H2,22,26). The highest BCUT2D eigenvalue weighted by Crippen LogP contribution is 2.34. The summed E-state index contributed by atoms with van der Waals surface area (Å²) in [5.41, 5.74) is 13.7. The van der Waals surface area contributed by atoms with E-state index in [-0.39, 0.29) is 11.5 Å². The Morgan fingerprint density at radius 2 is 2.04 bits per heavy atom. The molecule has 1 atom stereocenters. The second-order valence-corrected chi connectivity index (χ2v) is 7.32. The third-order valence-electron chi connectivity index (χ3n) is 5.30. The van der Waals surface area contributed by atoms with Gasteiger partial charge in [-0.05, 0) is 31.0 Å². The van der Waals surface area contributed by atoms with Crippen LogP contribution in [-0.4, -0.2) is 39.0 Å². The average molecular weight is 388 g/mol. The van der Waals surface area contributed by atoms with Crippen molar-refractivity contribution >= 4 is 11.5 Å². The Bertz CT molecular complexity index is 1030. The minimum absolute atomic E-state index is 0.143. The Hall–Kier alpha value is -2.62. The van der Waals surface area contributed by atoms with Crippen molar-refractivity contribution in [2.24, 2.45) is 0 Å². The van der Waals surface area contributed by atoms with Gasteiger partial charge in [0, 0.05) is 30.8 Å². The molecule has 4 rings (SSSR count). The number of aromatic nitrogens is 3. The van der Waals surface area contributed by atoms with Crippen molar-refractivity contribution in [3.05, 3.63) is 47.4 Å². The van der Waals surface area contributed by atoms with Gasteiger partial charge in [0.1, 0.15) is 5.60 Å². The van der Waals surface area contributed by atoms with Gasteiger partial charge in [0.15, 0.2) is 11.5 Å². The number of hydrogen-bond acceptors (Lipinski definition) is 6. The number of alkyl halides is 2. The van der Waals surface area contributed by atoms with Crippen molar-refractivity contribution in [1.82, 2.24) is 25.2 Å². The lowest BCUT2D eigenvalue weighted by Crippen LogP contribution is -2.30. The largest absolute Gasteiger partial charge is 0.381 e. The number of nitrogens with zero attached hydrogens (tertiary/aromatic N) is 3. The Balaban J connectivity index is 1.87. The smallest absolute Gasteiger partial charge is 0.270 e. The van der Waals surface area contributed by atoms with E-state index in [9.17, 15) is 13.9 Å². The monoisotopic (exact) mass is 388 g/mol. The second kappa shape index (κ2) is 6.77. The molecule has 9 heteroatoms. The highest BCUT2D eigenvalue weighted by molar-refractivity contribution is 5.72. The van der Waals surface area contributed by atoms with Crippen molar-refractivity contribution in [2.75, 3.05) is 18.8 Å². The van der Waals surface area contributed by atoms with Gasteiger partial charge in [0.2, 0.25) is 0 Å². The minimum atomic E-state index is -2.90. The molecule has 0 bridgehead atoms. The summed E-state index contributed by atoms with van der Waals surface area (Å²) in [5.74, 6) is 0.470. The number of anilines is 1. The Kier molecular flexibility index (Phi) is 4.53. The molecule has 0 spiro atoms. The predicted molar refractivity (Wildman–Crippen MR) is 102 cm³/mol. The molecule has 28 heavy (non-hydrogen) atoms. The molecule has 0 aliphatic carbocycles. The molecule has 1 aliphatic rings. The van der Waals surface area contributed by atoms with Crippen molar-refractivity contribution < 1.29 is 13.9 Å². The van der Waals surface area contributed by atoms with Crippen LogP contribution < -0.4 is 16.6 Å². The number of hydrazine groups is 1. The zero-order valence-electron chi connectivity index (χ0n) is 15.6. The average Bonchev–Trinajstić information content (AvgIpc) is 3.31. The van der Waals surface area contributed by atoms with Gasteiger partial charge in [-0.15, -0.1) is 0 Å². The van der Waals surface area contributed by atoms with Crippen LogP contribution in [0.1, 0.15) is 29.7 Å². The lowest BCUT2D eigenvalue weighted by atomic mass is 9.92. The van der Waals surface area contributed by atoms with E-state index in [0.29, 0.717) is 22.7 Å². The van der Waals surface area contributed by atoms with Crippen LogP contribution in [0.25, 0.3) is 16.9 Å². The van der Waals surface area contributed by atoms with Gasteiger partial charge in [0.05, 0.1) is 17.6 Å². The number of hydrogen-bond donors (Lipinski definition) is 4. The molecule has 1 unspecified atom stereocenters. The number of halogens is 2. The number of imidazole rings is 1. The molecule has 5 N–H and O–H groups in total. The molecule has 1 fully saturated rings. The van der Waals surface area contributed by atoms with Crippen LogP contribution in [0.15, 0.2) is 30.6 Å². The van der Waals surface area contributed by atoms with Gasteiger partial charge in [-0.1, -0.05) is 12.1 Å². The van der Waals surface area contributed by atoms with Gasteiger partial charge in [-0.3, -0.25) is 15.3 Å². The zero-order valence-corrected chi connectivity index (χ0v) is 15.6. The fourth-order valence-corrected chi connectivity index (χ4v) is 3.44. The number of nitrogens with one attached hydrogen (secondary N) is 2. The number of aliphatic hydroxyl groups is 1. The molecule has 148 valence electrons. The second-order valence-electron chi connectivity index (χ2n) is 7.32. The molecule has 7 nitrogen and oxygen atoms in total. The van der Waals surface area contributed by atoms with Crippen molar-refractivity contribution in [1.29, 1.82) is 0 Å². The van der Waals surface area contributed by atoms with Crippen LogP contribution in [0.4, 0.5) is 14.6 Å². The fraction of sp³-hybridized carbons (Fsp3) is 0.368. The number of rotatable bonds is 4. The molecule has 0 radical (unpaired) electrons. The summed E-state index contributed by atoms with van der Waals surface area (Å²) in [7, 11) is 0. The third kappa shape index (κ3) is 3.01. The van der Waals surface area contributed by atoms with E-state index < -0.39 is 12.0 Å². The summed E-state index contributed by atoms with van der Waals surface area (Å²) in [6.45, 7) is 4.45. The molecular weight excluding hydrogens is 366 g/mol. The summed E-state index contributed by atoms with van der Waals surface area (Å²) >= 11 is 0. The molecule has 1 saturated heterocycles. The lowest BCUT2D eigenvalue weighted by molar-refractivity contribution is -0.0883. The molecule has 0 amide bonds. The van der Waals surface area contributed by atoms with E-state index in [1.165, 1.54) is 6.07 Å². The molecule has 1 aliphatic heterocycles. The summed E-state index contributed by atoms with van der Waals surface area (Å²) in [6, 6.07) is 4.82. The first-order valence-corrected chi connectivity index (χ1v) is 9.00. The van der Waals surface area contributed by atoms with Crippen LogP contribution in [0.3, 0.4) is 0 Å². The molecule has 0 saturated carbocycles. The van der Waals surface area contributed by atoms with Gasteiger partial charge >= 0.3 is 0 Å². The molecular formula is C19H22F2N6O. The van der Waals surface area contributed by atoms with E-state index in [1.54, 1.807) is 18.3 Å². The molecule has 3 aromatic rings. The van der Waals surface area contributed by atoms with Gasteiger partial charge in [0.25, 0.3) is 6.43 Å². The van der Waals surface area contributed by atoms with Crippen LogP contribution >= 0.6 is 0 Å². The SMILES string of the molecule is Cc1ccc(C(C)(O)C(F)F)cc1-c1cnc2c(N)nc(C3CNNC3)cn12. The molecule has 2 aromatic heterocycles. The number of aryl methyl sites for hydroxylation is 1. The molecule has 3 heterocycles. The highest BCUT2D eigenvalue weighted by atomic mass is 19.3. The van der Waals surface area contributed by atoms with E-state index >= 15 is 0 Å². The summed E-state index contributed by atoms with van der Waals surface area (Å²) in [5, 5.41) is 10.2. The normalized spacial score (nSPS) is 17.5. The van der Waals surface area contributed by atoms with E-state index in [0.717, 1.165) is 31.3 Å². The van der Waals surface area contributed by atoms with E-state index in [2.05, 4.69) is 20.8 Å². The van der Waals surface area contributed by atoms with Crippen molar-refractivity contribution in [3.8, 4) is 11.3 Å². The first-order chi connectivity index (χ1) is 13.3. The van der Waals surface area contributed by atoms with Crippen LogP contribution in [0.5, 0.6) is 0 Å². The van der Waals surface area contributed by atoms with Crippen molar-refractivity contribution in [3.63, 3.8) is 0 Å². The van der Waals surface area contributed by atoms with E-state index in [4.69, 9.17) is 5.73 Å². The molecule has 1 aromatic carbocycles. The summed E-state index contributed by atoms with van der Waals surface area (Å²) in [4.78, 5) is 8.83. The number of benzene rings is 1. The van der Waals surface area contributed by atoms with Crippen LogP contribution in [-0.2, 0) is 5.60 Å². The Morgan fingerprint density at radius 3 is 2.71 bits per heavy atom. The predicted octanol–water partition coefficient (Wildman–Crippen LogP) is 1.95. The maximum Gasteiger partial charge on any atom is 0.270 e. The first kappa shape index (κ1) is 18.7. The minimum Gasteiger partial charge on any atom is -0.381 e. The maximum atomic E-state index is 13.3. The van der Waals surface area contributed by atoms with Crippen LogP contribution in [0, 0.1) is 6.92 Å². The summed E-state index contributed by atoms with van der Waals surface area (Å²) in [6.07, 6.45) is 0.620. The highest BCUT2D eigenvalue weighted by Gasteiger charge is 2.34. The van der Waals surface area contributed by atoms with Gasteiger partial charge in [-0.25, -0.2) is 18.7 Å². The van der Waals surface area contributed by atoms with Gasteiger partial charge < -0.3 is 10.8 Å². The van der Waals surface area contributed by atoms with Crippen molar-refractivity contribution in [2.45, 2.75) is 31.8 Å².